The number of rotatable bonds is 4. The molecule has 3 aromatic rings. The number of benzene rings is 2. The zero-order valence-electron chi connectivity index (χ0n) is 13.4. The van der Waals surface area contributed by atoms with Gasteiger partial charge in [0.05, 0.1) is 21.2 Å². The van der Waals surface area contributed by atoms with Gasteiger partial charge in [0.2, 0.25) is 0 Å². The van der Waals surface area contributed by atoms with Gasteiger partial charge in [-0.05, 0) is 35.9 Å². The summed E-state index contributed by atoms with van der Waals surface area (Å²) >= 11 is 13.3. The van der Waals surface area contributed by atoms with E-state index in [1.807, 2.05) is 6.07 Å². The molecule has 6 nitrogen and oxygen atoms in total. The van der Waals surface area contributed by atoms with Crippen LogP contribution in [0, 0.1) is 21.4 Å². The number of aromatic nitrogens is 1. The molecule has 9 heteroatoms. The lowest BCUT2D eigenvalue weighted by atomic mass is 10.1. The first-order valence-corrected chi connectivity index (χ1v) is 9.03. The van der Waals surface area contributed by atoms with E-state index in [1.165, 1.54) is 35.6 Å². The van der Waals surface area contributed by atoms with Gasteiger partial charge in [0.1, 0.15) is 11.1 Å². The van der Waals surface area contributed by atoms with Gasteiger partial charge in [-0.25, -0.2) is 4.98 Å². The zero-order valence-corrected chi connectivity index (χ0v) is 15.7. The maximum absolute atomic E-state index is 10.9. The zero-order chi connectivity index (χ0) is 19.6. The maximum atomic E-state index is 10.9. The number of phenolic OH excluding ortho intramolecular Hbond substituents is 1. The van der Waals surface area contributed by atoms with Crippen LogP contribution < -0.4 is 0 Å². The Bertz CT molecular complexity index is 1120. The van der Waals surface area contributed by atoms with E-state index in [4.69, 9.17) is 23.2 Å². The monoisotopic (exact) mass is 417 g/mol. The predicted octanol–water partition coefficient (Wildman–Crippen LogP) is 5.79. The van der Waals surface area contributed by atoms with Crippen molar-refractivity contribution in [3.05, 3.63) is 72.5 Å². The molecule has 0 atom stereocenters. The minimum Gasteiger partial charge on any atom is -0.502 e. The number of halogens is 2. The van der Waals surface area contributed by atoms with Crippen molar-refractivity contribution in [3.8, 4) is 23.1 Å². The molecule has 1 aromatic heterocycles. The van der Waals surface area contributed by atoms with Crippen molar-refractivity contribution >= 4 is 51.9 Å². The van der Waals surface area contributed by atoms with Gasteiger partial charge < -0.3 is 5.11 Å². The van der Waals surface area contributed by atoms with Crippen LogP contribution >= 0.6 is 34.5 Å². The first-order valence-electron chi connectivity index (χ1n) is 7.39. The van der Waals surface area contributed by atoms with E-state index in [1.54, 1.807) is 23.6 Å². The van der Waals surface area contributed by atoms with E-state index >= 15 is 0 Å². The highest BCUT2D eigenvalue weighted by Crippen LogP contribution is 2.33. The SMILES string of the molecule is N#C/C(=C\c1ccc(O)c([N+](=O)[O-])c1)c1nc(-c2ccc(Cl)cc2Cl)cs1. The molecule has 3 rings (SSSR count). The number of hydrogen-bond acceptors (Lipinski definition) is 6. The van der Waals surface area contributed by atoms with E-state index in [2.05, 4.69) is 4.98 Å². The fraction of sp³-hybridized carbons (Fsp3) is 0. The van der Waals surface area contributed by atoms with Crippen LogP contribution in [0.15, 0.2) is 41.8 Å². The molecule has 1 heterocycles. The van der Waals surface area contributed by atoms with Crippen molar-refractivity contribution in [2.24, 2.45) is 0 Å². The lowest BCUT2D eigenvalue weighted by Crippen LogP contribution is -1.89. The Morgan fingerprint density at radius 2 is 2.07 bits per heavy atom. The maximum Gasteiger partial charge on any atom is 0.311 e. The van der Waals surface area contributed by atoms with Gasteiger partial charge in [0.15, 0.2) is 5.75 Å². The van der Waals surface area contributed by atoms with Crippen LogP contribution in [0.2, 0.25) is 10.0 Å². The largest absolute Gasteiger partial charge is 0.502 e. The summed E-state index contributed by atoms with van der Waals surface area (Å²) < 4.78 is 0. The molecule has 0 aliphatic rings. The molecule has 0 saturated carbocycles. The molecule has 134 valence electrons. The van der Waals surface area contributed by atoms with E-state index in [-0.39, 0.29) is 5.57 Å². The second-order valence-electron chi connectivity index (χ2n) is 5.34. The highest BCUT2D eigenvalue weighted by atomic mass is 35.5. The van der Waals surface area contributed by atoms with Crippen LogP contribution in [0.25, 0.3) is 22.9 Å². The lowest BCUT2D eigenvalue weighted by molar-refractivity contribution is -0.385. The third kappa shape index (κ3) is 4.09. The number of nitrogens with zero attached hydrogens (tertiary/aromatic N) is 3. The van der Waals surface area contributed by atoms with Crippen molar-refractivity contribution in [3.63, 3.8) is 0 Å². The Kier molecular flexibility index (Phi) is 5.42. The minimum absolute atomic E-state index is 0.233. The van der Waals surface area contributed by atoms with Crippen LogP contribution in [0.1, 0.15) is 10.6 Å². The molecule has 0 fully saturated rings. The molecule has 1 N–H and O–H groups in total. The Labute approximate surface area is 167 Å². The Morgan fingerprint density at radius 1 is 1.30 bits per heavy atom. The fourth-order valence-corrected chi connectivity index (χ4v) is 3.59. The van der Waals surface area contributed by atoms with Gasteiger partial charge in [0, 0.05) is 22.0 Å². The standard InChI is InChI=1S/C18H9Cl2N3O3S/c19-12-2-3-13(14(20)7-12)15-9-27-18(22-15)11(8-21)5-10-1-4-17(24)16(6-10)23(25)26/h1-7,9,24H/b11-5+. The Morgan fingerprint density at radius 3 is 2.74 bits per heavy atom. The second-order valence-corrected chi connectivity index (χ2v) is 7.04. The van der Waals surface area contributed by atoms with Gasteiger partial charge in [0.25, 0.3) is 0 Å². The second kappa shape index (κ2) is 7.76. The number of nitro groups is 1. The molecule has 0 aliphatic carbocycles. The summed E-state index contributed by atoms with van der Waals surface area (Å²) in [6.45, 7) is 0. The van der Waals surface area contributed by atoms with Crippen molar-refractivity contribution in [1.29, 1.82) is 5.26 Å². The topological polar surface area (TPSA) is 100 Å². The van der Waals surface area contributed by atoms with Gasteiger partial charge in [-0.1, -0.05) is 29.3 Å². The summed E-state index contributed by atoms with van der Waals surface area (Å²) in [6, 6.07) is 11.0. The Balaban J connectivity index is 1.99. The summed E-state index contributed by atoms with van der Waals surface area (Å²) in [6.07, 6.45) is 1.47. The van der Waals surface area contributed by atoms with E-state index in [0.717, 1.165) is 0 Å². The predicted molar refractivity (Wildman–Crippen MR) is 106 cm³/mol. The average Bonchev–Trinajstić information content (AvgIpc) is 3.10. The van der Waals surface area contributed by atoms with Gasteiger partial charge in [-0.3, -0.25) is 10.1 Å². The number of phenols is 1. The molecule has 0 aliphatic heterocycles. The van der Waals surface area contributed by atoms with Crippen molar-refractivity contribution in [2.75, 3.05) is 0 Å². The summed E-state index contributed by atoms with van der Waals surface area (Å²) in [4.78, 5) is 14.7. The molecule has 0 spiro atoms. The fourth-order valence-electron chi connectivity index (χ4n) is 2.30. The van der Waals surface area contributed by atoms with Crippen LogP contribution in [0.4, 0.5) is 5.69 Å². The third-order valence-corrected chi connectivity index (χ3v) is 4.99. The summed E-state index contributed by atoms with van der Waals surface area (Å²) in [5.74, 6) is -0.440. The molecule has 2 aromatic carbocycles. The third-order valence-electron chi connectivity index (χ3n) is 3.57. The molecule has 0 radical (unpaired) electrons. The normalized spacial score (nSPS) is 11.2. The van der Waals surface area contributed by atoms with Crippen LogP contribution in [-0.2, 0) is 0 Å². The molecule has 0 saturated heterocycles. The molecule has 0 amide bonds. The first kappa shape index (κ1) is 18.9. The summed E-state index contributed by atoms with van der Waals surface area (Å²) in [5.41, 5.74) is 1.47. The van der Waals surface area contributed by atoms with Crippen LogP contribution in [0.5, 0.6) is 5.75 Å². The molecular formula is C18H9Cl2N3O3S. The molecular weight excluding hydrogens is 409 g/mol. The lowest BCUT2D eigenvalue weighted by Gasteiger charge is -2.01. The molecule has 27 heavy (non-hydrogen) atoms. The van der Waals surface area contributed by atoms with Crippen molar-refractivity contribution < 1.29 is 10.0 Å². The van der Waals surface area contributed by atoms with Gasteiger partial charge >= 0.3 is 5.69 Å². The molecule has 0 bridgehead atoms. The number of nitriles is 1. The number of hydrogen-bond donors (Lipinski definition) is 1. The minimum atomic E-state index is -0.692. The van der Waals surface area contributed by atoms with E-state index < -0.39 is 16.4 Å². The van der Waals surface area contributed by atoms with Gasteiger partial charge in [-0.15, -0.1) is 11.3 Å². The summed E-state index contributed by atoms with van der Waals surface area (Å²) in [7, 11) is 0. The highest BCUT2D eigenvalue weighted by Gasteiger charge is 2.15. The average molecular weight is 418 g/mol. The van der Waals surface area contributed by atoms with E-state index in [9.17, 15) is 20.5 Å². The van der Waals surface area contributed by atoms with E-state index in [0.29, 0.717) is 31.9 Å². The highest BCUT2D eigenvalue weighted by molar-refractivity contribution is 7.11. The summed E-state index contributed by atoms with van der Waals surface area (Å²) in [5, 5.41) is 33.1. The van der Waals surface area contributed by atoms with Crippen molar-refractivity contribution in [1.82, 2.24) is 4.98 Å². The van der Waals surface area contributed by atoms with Crippen LogP contribution in [-0.4, -0.2) is 15.0 Å². The molecule has 0 unspecified atom stereocenters. The Hall–Kier alpha value is -2.92. The first-order chi connectivity index (χ1) is 12.9. The van der Waals surface area contributed by atoms with Gasteiger partial charge in [-0.2, -0.15) is 5.26 Å². The number of allylic oxidation sites excluding steroid dienone is 1. The van der Waals surface area contributed by atoms with Crippen LogP contribution in [0.3, 0.4) is 0 Å². The smallest absolute Gasteiger partial charge is 0.311 e. The van der Waals surface area contributed by atoms with Crippen molar-refractivity contribution in [2.45, 2.75) is 0 Å². The number of aromatic hydroxyl groups is 1. The quantitative estimate of drug-likeness (QED) is 0.328. The number of nitro benzene ring substituents is 1. The number of thiazole rings is 1.